The SMILES string of the molecule is CC(C)(O)C(=O)c1ccc(OCCOC(=O)c2ccc(C(=O)c3ccc(C(=O)OCCOc4ccc(C(=O)C(C)(C)O)cc4)c(C(=O)O)c3)cc2C(=O)O)cc1. The fourth-order valence-electron chi connectivity index (χ4n) is 5.10. The number of hydrogen-bond donors (Lipinski definition) is 4. The quantitative estimate of drug-likeness (QED) is 0.0610. The average molecular weight is 771 g/mol. The molecule has 0 aromatic heterocycles. The number of carbonyl (C=O) groups excluding carboxylic acids is 5. The number of esters is 2. The Bertz CT molecular complexity index is 2000. The molecule has 292 valence electrons. The van der Waals surface area contributed by atoms with Crippen LogP contribution in [0.25, 0.3) is 0 Å². The monoisotopic (exact) mass is 770 g/mol. The van der Waals surface area contributed by atoms with Gasteiger partial charge in [-0.1, -0.05) is 12.1 Å². The highest BCUT2D eigenvalue weighted by Gasteiger charge is 2.27. The predicted molar refractivity (Wildman–Crippen MR) is 196 cm³/mol. The van der Waals surface area contributed by atoms with Crippen LogP contribution in [0, 0.1) is 0 Å². The summed E-state index contributed by atoms with van der Waals surface area (Å²) in [5.41, 5.74) is -4.82. The van der Waals surface area contributed by atoms with E-state index in [2.05, 4.69) is 0 Å². The Hall–Kier alpha value is -6.71. The Kier molecular flexibility index (Phi) is 13.2. The van der Waals surface area contributed by atoms with Gasteiger partial charge in [0.2, 0.25) is 0 Å². The van der Waals surface area contributed by atoms with E-state index in [0.717, 1.165) is 24.3 Å². The van der Waals surface area contributed by atoms with Gasteiger partial charge in [0.1, 0.15) is 49.1 Å². The summed E-state index contributed by atoms with van der Waals surface area (Å²) in [6, 6.07) is 18.2. The first-order valence-corrected chi connectivity index (χ1v) is 16.9. The normalized spacial score (nSPS) is 11.2. The maximum Gasteiger partial charge on any atom is 0.339 e. The van der Waals surface area contributed by atoms with Gasteiger partial charge in [0.25, 0.3) is 0 Å². The summed E-state index contributed by atoms with van der Waals surface area (Å²) >= 11 is 0. The van der Waals surface area contributed by atoms with Gasteiger partial charge in [-0.25, -0.2) is 19.2 Å². The highest BCUT2D eigenvalue weighted by Crippen LogP contribution is 2.22. The van der Waals surface area contributed by atoms with E-state index in [1.165, 1.54) is 88.4 Å². The summed E-state index contributed by atoms with van der Waals surface area (Å²) < 4.78 is 21.3. The van der Waals surface area contributed by atoms with Gasteiger partial charge in [-0.2, -0.15) is 0 Å². The minimum absolute atomic E-state index is 0.128. The van der Waals surface area contributed by atoms with Crippen molar-refractivity contribution in [2.75, 3.05) is 26.4 Å². The Morgan fingerprint density at radius 3 is 1.09 bits per heavy atom. The largest absolute Gasteiger partial charge is 0.490 e. The van der Waals surface area contributed by atoms with E-state index in [1.54, 1.807) is 0 Å². The van der Waals surface area contributed by atoms with E-state index in [9.17, 15) is 54.0 Å². The molecule has 0 fully saturated rings. The van der Waals surface area contributed by atoms with Crippen molar-refractivity contribution < 1.29 is 72.9 Å². The number of rotatable bonds is 18. The van der Waals surface area contributed by atoms with Crippen molar-refractivity contribution in [3.05, 3.63) is 129 Å². The van der Waals surface area contributed by atoms with Crippen molar-refractivity contribution in [3.63, 3.8) is 0 Å². The van der Waals surface area contributed by atoms with Gasteiger partial charge in [0, 0.05) is 22.3 Å². The molecule has 0 amide bonds. The zero-order valence-electron chi connectivity index (χ0n) is 30.7. The van der Waals surface area contributed by atoms with Gasteiger partial charge in [0.05, 0.1) is 22.3 Å². The lowest BCUT2D eigenvalue weighted by Gasteiger charge is -2.15. The first-order valence-electron chi connectivity index (χ1n) is 16.9. The molecule has 0 bridgehead atoms. The number of aromatic carboxylic acids is 2. The first kappa shape index (κ1) is 42.0. The smallest absolute Gasteiger partial charge is 0.339 e. The molecular weight excluding hydrogens is 732 g/mol. The van der Waals surface area contributed by atoms with Gasteiger partial charge >= 0.3 is 23.9 Å². The third-order valence-corrected chi connectivity index (χ3v) is 7.98. The minimum Gasteiger partial charge on any atom is -0.490 e. The lowest BCUT2D eigenvalue weighted by molar-refractivity contribution is 0.0437. The summed E-state index contributed by atoms with van der Waals surface area (Å²) in [5, 5.41) is 39.4. The summed E-state index contributed by atoms with van der Waals surface area (Å²) in [4.78, 5) is 87.4. The fraction of sp³-hybridized carbons (Fsp3) is 0.244. The predicted octanol–water partition coefficient (Wildman–Crippen LogP) is 4.69. The van der Waals surface area contributed by atoms with Crippen molar-refractivity contribution in [2.45, 2.75) is 38.9 Å². The highest BCUT2D eigenvalue weighted by molar-refractivity contribution is 6.13. The van der Waals surface area contributed by atoms with Crippen molar-refractivity contribution in [1.82, 2.24) is 0 Å². The first-order chi connectivity index (χ1) is 26.3. The van der Waals surface area contributed by atoms with E-state index in [4.69, 9.17) is 18.9 Å². The lowest BCUT2D eigenvalue weighted by Crippen LogP contribution is -2.30. The number of carbonyl (C=O) groups is 7. The van der Waals surface area contributed by atoms with Gasteiger partial charge in [-0.3, -0.25) is 14.4 Å². The van der Waals surface area contributed by atoms with E-state index < -0.39 is 63.6 Å². The van der Waals surface area contributed by atoms with Crippen LogP contribution in [-0.2, 0) is 9.47 Å². The third kappa shape index (κ3) is 10.7. The van der Waals surface area contributed by atoms with Crippen molar-refractivity contribution >= 4 is 41.2 Å². The zero-order chi connectivity index (χ0) is 41.4. The molecule has 4 rings (SSSR count). The number of aliphatic hydroxyl groups is 2. The number of carboxylic acid groups (broad SMARTS) is 2. The molecule has 56 heavy (non-hydrogen) atoms. The molecule has 0 radical (unpaired) electrons. The molecule has 15 nitrogen and oxygen atoms in total. The second-order valence-electron chi connectivity index (χ2n) is 13.3. The molecule has 0 aliphatic rings. The number of ether oxygens (including phenoxy) is 4. The number of benzene rings is 4. The Morgan fingerprint density at radius 2 is 0.786 bits per heavy atom. The summed E-state index contributed by atoms with van der Waals surface area (Å²) in [7, 11) is 0. The molecule has 0 atom stereocenters. The number of Topliss-reactive ketones (excluding diaryl/α,β-unsaturated/α-hetero) is 2. The molecule has 0 heterocycles. The van der Waals surface area contributed by atoms with E-state index in [-0.39, 0.29) is 59.8 Å². The molecule has 0 aliphatic heterocycles. The molecule has 0 saturated heterocycles. The van der Waals surface area contributed by atoms with Gasteiger partial charge in [-0.05, 0) is 100 Å². The molecule has 0 aliphatic carbocycles. The minimum atomic E-state index is -1.55. The molecule has 0 spiro atoms. The molecule has 15 heteroatoms. The van der Waals surface area contributed by atoms with E-state index >= 15 is 0 Å². The number of carboxylic acids is 2. The second kappa shape index (κ2) is 17.6. The van der Waals surface area contributed by atoms with Crippen molar-refractivity contribution in [3.8, 4) is 11.5 Å². The Balaban J connectivity index is 1.36. The topological polar surface area (TPSA) is 237 Å². The summed E-state index contributed by atoms with van der Waals surface area (Å²) in [6.45, 7) is 4.63. The number of hydrogen-bond acceptors (Lipinski definition) is 13. The average Bonchev–Trinajstić information content (AvgIpc) is 3.16. The molecule has 0 unspecified atom stereocenters. The van der Waals surface area contributed by atoms with Crippen LogP contribution in [0.5, 0.6) is 11.5 Å². The lowest BCUT2D eigenvalue weighted by atomic mass is 9.95. The fourth-order valence-corrected chi connectivity index (χ4v) is 5.10. The van der Waals surface area contributed by atoms with E-state index in [0.29, 0.717) is 11.5 Å². The highest BCUT2D eigenvalue weighted by atomic mass is 16.6. The van der Waals surface area contributed by atoms with Gasteiger partial charge < -0.3 is 39.4 Å². The van der Waals surface area contributed by atoms with Crippen LogP contribution >= 0.6 is 0 Å². The molecule has 4 aromatic carbocycles. The maximum absolute atomic E-state index is 13.4. The Morgan fingerprint density at radius 1 is 0.464 bits per heavy atom. The van der Waals surface area contributed by atoms with Crippen LogP contribution in [0.4, 0.5) is 0 Å². The number of ketones is 3. The van der Waals surface area contributed by atoms with Crippen LogP contribution in [0.2, 0.25) is 0 Å². The second-order valence-corrected chi connectivity index (χ2v) is 13.3. The van der Waals surface area contributed by atoms with Crippen LogP contribution in [-0.4, -0.2) is 99.3 Å². The molecule has 4 N–H and O–H groups in total. The molecular formula is C41H38O15. The van der Waals surface area contributed by atoms with Crippen LogP contribution in [0.15, 0.2) is 84.9 Å². The zero-order valence-corrected chi connectivity index (χ0v) is 30.7. The summed E-state index contributed by atoms with van der Waals surface area (Å²) in [6.07, 6.45) is 0. The molecule has 4 aromatic rings. The van der Waals surface area contributed by atoms with Crippen LogP contribution in [0.1, 0.15) is 106 Å². The van der Waals surface area contributed by atoms with Gasteiger partial charge in [-0.15, -0.1) is 0 Å². The third-order valence-electron chi connectivity index (χ3n) is 7.98. The summed E-state index contributed by atoms with van der Waals surface area (Å²) in [5.74, 6) is -6.22. The van der Waals surface area contributed by atoms with Crippen molar-refractivity contribution in [2.24, 2.45) is 0 Å². The van der Waals surface area contributed by atoms with E-state index in [1.807, 2.05) is 0 Å². The maximum atomic E-state index is 13.4. The van der Waals surface area contributed by atoms with Crippen molar-refractivity contribution in [1.29, 1.82) is 0 Å². The van der Waals surface area contributed by atoms with Crippen LogP contribution < -0.4 is 9.47 Å². The molecule has 0 saturated carbocycles. The van der Waals surface area contributed by atoms with Gasteiger partial charge in [0.15, 0.2) is 17.3 Å². The Labute approximate surface area is 320 Å². The van der Waals surface area contributed by atoms with Crippen LogP contribution in [0.3, 0.4) is 0 Å². The standard InChI is InChI=1S/C41H38O15/c1-40(2,51)34(43)23-5-11-27(12-6-23)53-17-19-55-38(49)29-15-9-25(21-31(29)36(45)46)33(42)26-10-16-30(32(22-26)37(47)48)39(50)56-20-18-54-28-13-7-24(8-14-28)35(44)41(3,4)52/h5-16,21-22,51-52H,17-20H2,1-4H3,(H,45,46)(H,47,48).